The van der Waals surface area contributed by atoms with Crippen LogP contribution in [0.15, 0.2) is 0 Å². The Bertz CT molecular complexity index is 245. The minimum absolute atomic E-state index is 0.232. The number of piperidine rings is 1. The quantitative estimate of drug-likeness (QED) is 0.564. The predicted octanol–water partition coefficient (Wildman–Crippen LogP) is -0.972. The van der Waals surface area contributed by atoms with Crippen LogP contribution in [0.2, 0.25) is 0 Å². The fourth-order valence-electron chi connectivity index (χ4n) is 1.69. The lowest BCUT2D eigenvalue weighted by Gasteiger charge is -2.29. The van der Waals surface area contributed by atoms with E-state index < -0.39 is 6.03 Å². The van der Waals surface area contributed by atoms with E-state index in [-0.39, 0.29) is 18.4 Å². The number of urea groups is 1. The van der Waals surface area contributed by atoms with Gasteiger partial charge in [0.1, 0.15) is 0 Å². The number of imide groups is 1. The first-order chi connectivity index (χ1) is 7.08. The van der Waals surface area contributed by atoms with Gasteiger partial charge in [-0.05, 0) is 19.4 Å². The summed E-state index contributed by atoms with van der Waals surface area (Å²) in [5, 5.41) is 11.4. The maximum atomic E-state index is 11.1. The van der Waals surface area contributed by atoms with Crippen LogP contribution >= 0.6 is 0 Å². The van der Waals surface area contributed by atoms with Gasteiger partial charge in [-0.25, -0.2) is 4.79 Å². The number of rotatable bonds is 3. The van der Waals surface area contributed by atoms with Crippen molar-refractivity contribution >= 4 is 11.9 Å². The van der Waals surface area contributed by atoms with E-state index in [1.807, 2.05) is 10.2 Å². The monoisotopic (exact) mass is 215 g/mol. The van der Waals surface area contributed by atoms with Crippen LogP contribution in [0.1, 0.15) is 19.3 Å². The number of likely N-dealkylation sites (tertiary alicyclic amines) is 1. The molecule has 1 heterocycles. The third-order valence-electron chi connectivity index (χ3n) is 2.40. The molecule has 1 rings (SSSR count). The van der Waals surface area contributed by atoms with Gasteiger partial charge in [-0.1, -0.05) is 0 Å². The Balaban J connectivity index is 2.18. The van der Waals surface area contributed by atoms with Crippen LogP contribution < -0.4 is 11.1 Å². The number of primary amides is 1. The molecule has 4 N–H and O–H groups in total. The van der Waals surface area contributed by atoms with Gasteiger partial charge in [0.25, 0.3) is 0 Å². The molecule has 1 aliphatic rings. The Morgan fingerprint density at radius 3 is 2.87 bits per heavy atom. The van der Waals surface area contributed by atoms with Gasteiger partial charge in [0, 0.05) is 19.5 Å². The van der Waals surface area contributed by atoms with Crippen molar-refractivity contribution in [1.29, 1.82) is 0 Å². The van der Waals surface area contributed by atoms with Gasteiger partial charge in [0.15, 0.2) is 0 Å². The summed E-state index contributed by atoms with van der Waals surface area (Å²) in [6.45, 7) is 2.04. The molecule has 1 fully saturated rings. The molecule has 0 radical (unpaired) electrons. The van der Waals surface area contributed by atoms with Crippen molar-refractivity contribution in [2.75, 3.05) is 19.6 Å². The van der Waals surface area contributed by atoms with E-state index in [4.69, 9.17) is 5.73 Å². The summed E-state index contributed by atoms with van der Waals surface area (Å²) in [6.07, 6.45) is 1.70. The maximum Gasteiger partial charge on any atom is 0.318 e. The van der Waals surface area contributed by atoms with Gasteiger partial charge in [0.2, 0.25) is 5.91 Å². The first-order valence-electron chi connectivity index (χ1n) is 5.07. The highest BCUT2D eigenvalue weighted by Crippen LogP contribution is 2.09. The first-order valence-corrected chi connectivity index (χ1v) is 5.07. The summed E-state index contributed by atoms with van der Waals surface area (Å²) in [6, 6.07) is -0.821. The van der Waals surface area contributed by atoms with E-state index in [0.717, 1.165) is 19.4 Å². The Hall–Kier alpha value is -1.14. The summed E-state index contributed by atoms with van der Waals surface area (Å²) >= 11 is 0. The summed E-state index contributed by atoms with van der Waals surface area (Å²) in [7, 11) is 0. The van der Waals surface area contributed by atoms with Crippen molar-refractivity contribution in [2.24, 2.45) is 5.73 Å². The van der Waals surface area contributed by atoms with Crippen molar-refractivity contribution in [3.63, 3.8) is 0 Å². The number of nitrogens with zero attached hydrogens (tertiary/aromatic N) is 1. The lowest BCUT2D eigenvalue weighted by molar-refractivity contribution is -0.120. The summed E-state index contributed by atoms with van der Waals surface area (Å²) in [5.74, 6) is -0.373. The van der Waals surface area contributed by atoms with Gasteiger partial charge < -0.3 is 15.7 Å². The fourth-order valence-corrected chi connectivity index (χ4v) is 1.69. The van der Waals surface area contributed by atoms with Crippen LogP contribution in [-0.4, -0.2) is 47.7 Å². The molecule has 0 bridgehead atoms. The second kappa shape index (κ2) is 5.67. The normalized spacial score (nSPS) is 22.3. The molecule has 1 unspecified atom stereocenters. The Morgan fingerprint density at radius 1 is 1.53 bits per heavy atom. The highest BCUT2D eigenvalue weighted by Gasteiger charge is 2.18. The van der Waals surface area contributed by atoms with Crippen LogP contribution in [0.4, 0.5) is 4.79 Å². The second-order valence-electron chi connectivity index (χ2n) is 3.76. The lowest BCUT2D eigenvalue weighted by Crippen LogP contribution is -2.41. The van der Waals surface area contributed by atoms with Gasteiger partial charge in [-0.2, -0.15) is 0 Å². The summed E-state index contributed by atoms with van der Waals surface area (Å²) < 4.78 is 0. The van der Waals surface area contributed by atoms with Crippen LogP contribution in [0.5, 0.6) is 0 Å². The van der Waals surface area contributed by atoms with Gasteiger partial charge in [-0.15, -0.1) is 0 Å². The average molecular weight is 215 g/mol. The van der Waals surface area contributed by atoms with Crippen molar-refractivity contribution in [3.05, 3.63) is 0 Å². The lowest BCUT2D eigenvalue weighted by atomic mass is 10.1. The molecule has 1 aliphatic heterocycles. The fraction of sp³-hybridized carbons (Fsp3) is 0.778. The largest absolute Gasteiger partial charge is 0.392 e. The molecule has 0 spiro atoms. The van der Waals surface area contributed by atoms with E-state index in [2.05, 4.69) is 0 Å². The summed E-state index contributed by atoms with van der Waals surface area (Å²) in [5.41, 5.74) is 4.80. The second-order valence-corrected chi connectivity index (χ2v) is 3.76. The van der Waals surface area contributed by atoms with Crippen molar-refractivity contribution in [2.45, 2.75) is 25.4 Å². The zero-order chi connectivity index (χ0) is 11.3. The first kappa shape index (κ1) is 11.9. The van der Waals surface area contributed by atoms with E-state index >= 15 is 0 Å². The van der Waals surface area contributed by atoms with Crippen LogP contribution in [0, 0.1) is 0 Å². The zero-order valence-corrected chi connectivity index (χ0v) is 8.61. The number of nitrogens with two attached hydrogens (primary N) is 1. The highest BCUT2D eigenvalue weighted by atomic mass is 16.3. The molecule has 0 aromatic carbocycles. The van der Waals surface area contributed by atoms with Crippen LogP contribution in [-0.2, 0) is 4.79 Å². The number of aliphatic hydroxyl groups excluding tert-OH is 1. The number of hydrogen-bond acceptors (Lipinski definition) is 4. The molecule has 0 aromatic heterocycles. The minimum atomic E-state index is -0.821. The van der Waals surface area contributed by atoms with Crippen LogP contribution in [0.25, 0.3) is 0 Å². The van der Waals surface area contributed by atoms with Gasteiger partial charge in [-0.3, -0.25) is 10.1 Å². The van der Waals surface area contributed by atoms with Gasteiger partial charge >= 0.3 is 6.03 Å². The topological polar surface area (TPSA) is 95.7 Å². The molecule has 86 valence electrons. The molecule has 15 heavy (non-hydrogen) atoms. The van der Waals surface area contributed by atoms with Crippen LogP contribution in [0.3, 0.4) is 0 Å². The molecular formula is C9H17N3O3. The molecule has 0 saturated carbocycles. The standard InChI is InChI=1S/C9H17N3O3/c10-9(15)11-8(14)3-5-12-4-1-2-7(13)6-12/h7,13H,1-6H2,(H3,10,11,14,15). The van der Waals surface area contributed by atoms with E-state index in [0.29, 0.717) is 13.1 Å². The Kier molecular flexibility index (Phi) is 4.51. The number of amides is 3. The molecule has 6 heteroatoms. The van der Waals surface area contributed by atoms with E-state index in [1.54, 1.807) is 0 Å². The minimum Gasteiger partial charge on any atom is -0.392 e. The number of hydrogen-bond donors (Lipinski definition) is 3. The third-order valence-corrected chi connectivity index (χ3v) is 2.40. The van der Waals surface area contributed by atoms with Gasteiger partial charge in [0.05, 0.1) is 6.10 Å². The third kappa shape index (κ3) is 4.75. The molecule has 1 saturated heterocycles. The number of carbonyl (C=O) groups excluding carboxylic acids is 2. The van der Waals surface area contributed by atoms with Crippen molar-refractivity contribution in [3.8, 4) is 0 Å². The maximum absolute atomic E-state index is 11.1. The Labute approximate surface area is 88.4 Å². The number of carbonyl (C=O) groups is 2. The van der Waals surface area contributed by atoms with E-state index in [1.165, 1.54) is 0 Å². The highest BCUT2D eigenvalue weighted by molar-refractivity contribution is 5.93. The molecule has 1 atom stereocenters. The molecular weight excluding hydrogens is 198 g/mol. The van der Waals surface area contributed by atoms with Crippen molar-refractivity contribution < 1.29 is 14.7 Å². The van der Waals surface area contributed by atoms with Crippen molar-refractivity contribution in [1.82, 2.24) is 10.2 Å². The zero-order valence-electron chi connectivity index (χ0n) is 8.61. The van der Waals surface area contributed by atoms with E-state index in [9.17, 15) is 14.7 Å². The smallest absolute Gasteiger partial charge is 0.318 e. The molecule has 6 nitrogen and oxygen atoms in total. The molecule has 0 aromatic rings. The molecule has 3 amide bonds. The molecule has 0 aliphatic carbocycles. The number of nitrogens with one attached hydrogen (secondary N) is 1. The Morgan fingerprint density at radius 2 is 2.27 bits per heavy atom. The average Bonchev–Trinajstić information content (AvgIpc) is 2.14. The SMILES string of the molecule is NC(=O)NC(=O)CCN1CCCC(O)C1. The summed E-state index contributed by atoms with van der Waals surface area (Å²) in [4.78, 5) is 23.4. The number of aliphatic hydroxyl groups is 1. The predicted molar refractivity (Wildman–Crippen MR) is 54.0 cm³/mol. The number of β-amino-alcohol motifs (C(OH)–C–C–N with tert-alkyl or cyclic N) is 1.